The van der Waals surface area contributed by atoms with Crippen molar-refractivity contribution in [3.63, 3.8) is 0 Å². The normalized spacial score (nSPS) is 17.7. The summed E-state index contributed by atoms with van der Waals surface area (Å²) < 4.78 is 6.63. The van der Waals surface area contributed by atoms with Gasteiger partial charge in [-0.3, -0.25) is 19.2 Å². The maximum absolute atomic E-state index is 12.9. The number of rotatable bonds is 4. The standard InChI is InChI=1S/C17H18N6O4/c1-21(2)17-18-14(27-20-17)9-22-15(25)7-6-12(16(22)26)23-8-10-11(19-23)4-3-5-13(10)24/h3-5,8,12,24H,6-7,9H2,1-2H3. The van der Waals surface area contributed by atoms with E-state index in [4.69, 9.17) is 4.52 Å². The molecule has 0 aliphatic carbocycles. The van der Waals surface area contributed by atoms with Gasteiger partial charge >= 0.3 is 0 Å². The van der Waals surface area contributed by atoms with E-state index < -0.39 is 6.04 Å². The average Bonchev–Trinajstić information content (AvgIpc) is 3.26. The highest BCUT2D eigenvalue weighted by Crippen LogP contribution is 2.29. The molecular formula is C17H18N6O4. The van der Waals surface area contributed by atoms with Gasteiger partial charge in [0, 0.05) is 26.7 Å². The Labute approximate surface area is 154 Å². The topological polar surface area (TPSA) is 118 Å². The van der Waals surface area contributed by atoms with E-state index in [0.717, 1.165) is 4.90 Å². The fourth-order valence-electron chi connectivity index (χ4n) is 3.07. The Balaban J connectivity index is 1.60. The van der Waals surface area contributed by atoms with Crippen molar-refractivity contribution in [3.8, 4) is 5.75 Å². The number of nitrogens with zero attached hydrogens (tertiary/aromatic N) is 6. The highest BCUT2D eigenvalue weighted by atomic mass is 16.5. The fraction of sp³-hybridized carbons (Fsp3) is 0.353. The summed E-state index contributed by atoms with van der Waals surface area (Å²) in [5.74, 6) is -0.0304. The van der Waals surface area contributed by atoms with E-state index in [1.807, 2.05) is 0 Å². The summed E-state index contributed by atoms with van der Waals surface area (Å²) in [5, 5.41) is 18.7. The molecule has 2 amide bonds. The highest BCUT2D eigenvalue weighted by molar-refractivity contribution is 5.99. The molecule has 1 aliphatic heterocycles. The van der Waals surface area contributed by atoms with Crippen LogP contribution in [0.15, 0.2) is 28.9 Å². The Bertz CT molecular complexity index is 1020. The summed E-state index contributed by atoms with van der Waals surface area (Å²) in [5.41, 5.74) is 0.582. The number of carbonyl (C=O) groups is 2. The number of phenols is 1. The minimum Gasteiger partial charge on any atom is -0.507 e. The van der Waals surface area contributed by atoms with Gasteiger partial charge in [-0.2, -0.15) is 10.1 Å². The minimum absolute atomic E-state index is 0.0823. The van der Waals surface area contributed by atoms with Crippen LogP contribution < -0.4 is 4.90 Å². The van der Waals surface area contributed by atoms with Crippen molar-refractivity contribution < 1.29 is 19.2 Å². The first-order valence-corrected chi connectivity index (χ1v) is 8.45. The molecule has 10 nitrogen and oxygen atoms in total. The predicted molar refractivity (Wildman–Crippen MR) is 93.9 cm³/mol. The summed E-state index contributed by atoms with van der Waals surface area (Å²) in [6.45, 7) is -0.0823. The van der Waals surface area contributed by atoms with Gasteiger partial charge in [-0.05, 0) is 23.7 Å². The van der Waals surface area contributed by atoms with Gasteiger partial charge in [-0.15, -0.1) is 0 Å². The molecule has 0 spiro atoms. The molecule has 1 atom stereocenters. The molecule has 3 heterocycles. The molecule has 1 aromatic carbocycles. The van der Waals surface area contributed by atoms with Crippen LogP contribution in [0.3, 0.4) is 0 Å². The second-order valence-electron chi connectivity index (χ2n) is 6.57. The lowest BCUT2D eigenvalue weighted by Gasteiger charge is -2.29. The molecule has 1 unspecified atom stereocenters. The van der Waals surface area contributed by atoms with Crippen molar-refractivity contribution in [2.45, 2.75) is 25.4 Å². The molecule has 1 fully saturated rings. The number of imide groups is 1. The van der Waals surface area contributed by atoms with Crippen LogP contribution in [-0.2, 0) is 16.1 Å². The third kappa shape index (κ3) is 2.98. The van der Waals surface area contributed by atoms with Gasteiger partial charge in [0.05, 0.1) is 10.9 Å². The molecule has 0 saturated carbocycles. The van der Waals surface area contributed by atoms with Crippen LogP contribution >= 0.6 is 0 Å². The zero-order valence-electron chi connectivity index (χ0n) is 14.9. The van der Waals surface area contributed by atoms with Crippen molar-refractivity contribution in [3.05, 3.63) is 30.3 Å². The molecule has 27 heavy (non-hydrogen) atoms. The zero-order chi connectivity index (χ0) is 19.1. The van der Waals surface area contributed by atoms with Crippen molar-refractivity contribution in [2.75, 3.05) is 19.0 Å². The van der Waals surface area contributed by atoms with Crippen LogP contribution in [-0.4, -0.2) is 55.8 Å². The number of hydrogen-bond acceptors (Lipinski definition) is 8. The van der Waals surface area contributed by atoms with Crippen molar-refractivity contribution in [2.24, 2.45) is 0 Å². The molecule has 10 heteroatoms. The summed E-state index contributed by atoms with van der Waals surface area (Å²) in [6, 6.07) is 4.37. The molecular weight excluding hydrogens is 352 g/mol. The first-order valence-electron chi connectivity index (χ1n) is 8.45. The van der Waals surface area contributed by atoms with E-state index in [0.29, 0.717) is 23.3 Å². The highest BCUT2D eigenvalue weighted by Gasteiger charge is 2.37. The van der Waals surface area contributed by atoms with Crippen molar-refractivity contribution in [1.29, 1.82) is 0 Å². The minimum atomic E-state index is -0.634. The lowest BCUT2D eigenvalue weighted by molar-refractivity contribution is -0.152. The lowest BCUT2D eigenvalue weighted by Crippen LogP contribution is -2.45. The molecule has 4 rings (SSSR count). The number of anilines is 1. The van der Waals surface area contributed by atoms with E-state index in [9.17, 15) is 14.7 Å². The molecule has 2 aromatic heterocycles. The first-order chi connectivity index (χ1) is 12.9. The molecule has 1 aliphatic rings. The van der Waals surface area contributed by atoms with Gasteiger partial charge < -0.3 is 14.5 Å². The number of amides is 2. The van der Waals surface area contributed by atoms with Gasteiger partial charge in [0.2, 0.25) is 11.8 Å². The Morgan fingerprint density at radius 1 is 1.33 bits per heavy atom. The predicted octanol–water partition coefficient (Wildman–Crippen LogP) is 1.08. The molecule has 1 N–H and O–H groups in total. The number of aromatic hydroxyl groups is 1. The van der Waals surface area contributed by atoms with E-state index in [2.05, 4.69) is 15.2 Å². The summed E-state index contributed by atoms with van der Waals surface area (Å²) >= 11 is 0. The third-order valence-corrected chi connectivity index (χ3v) is 4.50. The number of carbonyl (C=O) groups excluding carboxylic acids is 2. The lowest BCUT2D eigenvalue weighted by atomic mass is 10.0. The SMILES string of the molecule is CN(C)c1noc(CN2C(=O)CCC(n3cc4c(O)cccc4n3)C2=O)n1. The van der Waals surface area contributed by atoms with Gasteiger partial charge in [0.1, 0.15) is 18.3 Å². The number of phenolic OH excluding ortho intramolecular Hbond substituents is 1. The monoisotopic (exact) mass is 370 g/mol. The molecule has 3 aromatic rings. The van der Waals surface area contributed by atoms with Crippen molar-refractivity contribution in [1.82, 2.24) is 24.8 Å². The Morgan fingerprint density at radius 2 is 2.15 bits per heavy atom. The summed E-state index contributed by atoms with van der Waals surface area (Å²) in [4.78, 5) is 32.2. The smallest absolute Gasteiger partial charge is 0.265 e. The second kappa shape index (κ2) is 6.38. The molecule has 0 radical (unpaired) electrons. The van der Waals surface area contributed by atoms with Crippen LogP contribution in [0.2, 0.25) is 0 Å². The quantitative estimate of drug-likeness (QED) is 0.678. The fourth-order valence-corrected chi connectivity index (χ4v) is 3.07. The molecule has 0 bridgehead atoms. The Kier molecular flexibility index (Phi) is 4.02. The zero-order valence-corrected chi connectivity index (χ0v) is 14.9. The van der Waals surface area contributed by atoms with Gasteiger partial charge in [0.15, 0.2) is 0 Å². The number of piperidine rings is 1. The van der Waals surface area contributed by atoms with Gasteiger partial charge in [-0.1, -0.05) is 6.07 Å². The van der Waals surface area contributed by atoms with Crippen LogP contribution in [0.5, 0.6) is 5.75 Å². The molecule has 1 saturated heterocycles. The number of aromatic nitrogens is 4. The summed E-state index contributed by atoms with van der Waals surface area (Å²) in [6.07, 6.45) is 2.17. The van der Waals surface area contributed by atoms with E-state index in [1.54, 1.807) is 43.4 Å². The van der Waals surface area contributed by atoms with Crippen LogP contribution in [0.1, 0.15) is 24.8 Å². The second-order valence-corrected chi connectivity index (χ2v) is 6.57. The molecule has 140 valence electrons. The van der Waals surface area contributed by atoms with E-state index >= 15 is 0 Å². The Hall–Kier alpha value is -3.43. The first kappa shape index (κ1) is 17.0. The largest absolute Gasteiger partial charge is 0.507 e. The van der Waals surface area contributed by atoms with E-state index in [1.165, 1.54) is 4.68 Å². The van der Waals surface area contributed by atoms with Crippen LogP contribution in [0, 0.1) is 0 Å². The maximum Gasteiger partial charge on any atom is 0.265 e. The van der Waals surface area contributed by atoms with Gasteiger partial charge in [0.25, 0.3) is 11.9 Å². The third-order valence-electron chi connectivity index (χ3n) is 4.50. The van der Waals surface area contributed by atoms with Gasteiger partial charge in [-0.25, -0.2) is 0 Å². The number of benzene rings is 1. The van der Waals surface area contributed by atoms with Crippen molar-refractivity contribution >= 4 is 28.7 Å². The average molecular weight is 370 g/mol. The number of likely N-dealkylation sites (tertiary alicyclic amines) is 1. The number of fused-ring (bicyclic) bond motifs is 1. The number of hydrogen-bond donors (Lipinski definition) is 1. The maximum atomic E-state index is 12.9. The Morgan fingerprint density at radius 3 is 2.85 bits per heavy atom. The van der Waals surface area contributed by atoms with Crippen LogP contribution in [0.4, 0.5) is 5.95 Å². The van der Waals surface area contributed by atoms with Crippen LogP contribution in [0.25, 0.3) is 10.9 Å². The summed E-state index contributed by atoms with van der Waals surface area (Å²) in [7, 11) is 3.53. The van der Waals surface area contributed by atoms with E-state index in [-0.39, 0.29) is 36.4 Å².